The van der Waals surface area contributed by atoms with Crippen molar-refractivity contribution in [3.05, 3.63) is 102 Å². The maximum atomic E-state index is 2.75. The van der Waals surface area contributed by atoms with E-state index in [1.165, 1.54) is 62.7 Å². The van der Waals surface area contributed by atoms with Gasteiger partial charge in [0.15, 0.2) is 0 Å². The summed E-state index contributed by atoms with van der Waals surface area (Å²) >= 11 is 0. The molecular weight excluding hydrogens is 436 g/mol. The number of piperidine rings is 1. The molecule has 36 heavy (non-hydrogen) atoms. The van der Waals surface area contributed by atoms with Crippen LogP contribution in [0.3, 0.4) is 0 Å². The first kappa shape index (κ1) is 28.0. The van der Waals surface area contributed by atoms with Gasteiger partial charge in [0.25, 0.3) is 0 Å². The molecule has 194 valence electrons. The molecule has 1 aliphatic heterocycles. The number of para-hydroxylation sites is 1. The second-order valence-electron chi connectivity index (χ2n) is 9.61. The third-order valence-corrected chi connectivity index (χ3v) is 7.47. The van der Waals surface area contributed by atoms with Gasteiger partial charge in [-0.1, -0.05) is 107 Å². The molecule has 2 nitrogen and oxygen atoms in total. The monoisotopic (exact) mass is 484 g/mol. The van der Waals surface area contributed by atoms with Crippen LogP contribution >= 0.6 is 0 Å². The van der Waals surface area contributed by atoms with E-state index >= 15 is 0 Å². The van der Waals surface area contributed by atoms with Crippen LogP contribution in [-0.2, 0) is 19.4 Å². The van der Waals surface area contributed by atoms with Crippen molar-refractivity contribution >= 4 is 5.69 Å². The lowest BCUT2D eigenvalue weighted by molar-refractivity contribution is 0.130. The number of rotatable bonds is 8. The van der Waals surface area contributed by atoms with Crippen molar-refractivity contribution < 1.29 is 0 Å². The molecule has 5 rings (SSSR count). The van der Waals surface area contributed by atoms with E-state index in [0.29, 0.717) is 6.04 Å². The molecule has 1 fully saturated rings. The van der Waals surface area contributed by atoms with E-state index in [1.54, 1.807) is 11.1 Å². The van der Waals surface area contributed by atoms with Crippen molar-refractivity contribution in [3.8, 4) is 0 Å². The Bertz CT molecular complexity index is 944. The minimum Gasteiger partial charge on any atom is -0.368 e. The Hall–Kier alpha value is -2.58. The summed E-state index contributed by atoms with van der Waals surface area (Å²) in [5, 5.41) is 0. The largest absolute Gasteiger partial charge is 0.368 e. The van der Waals surface area contributed by atoms with Gasteiger partial charge in [-0.3, -0.25) is 4.90 Å². The lowest BCUT2D eigenvalue weighted by Gasteiger charge is -2.37. The smallest absolute Gasteiger partial charge is 0.0370 e. The Balaban J connectivity index is 0.000000861. The summed E-state index contributed by atoms with van der Waals surface area (Å²) in [4.78, 5) is 5.45. The Morgan fingerprint density at radius 3 is 1.94 bits per heavy atom. The third-order valence-electron chi connectivity index (χ3n) is 7.47. The Morgan fingerprint density at radius 2 is 1.31 bits per heavy atom. The van der Waals surface area contributed by atoms with Gasteiger partial charge in [0, 0.05) is 30.9 Å². The van der Waals surface area contributed by atoms with Gasteiger partial charge >= 0.3 is 0 Å². The summed E-state index contributed by atoms with van der Waals surface area (Å²) in [6.45, 7) is 11.5. The van der Waals surface area contributed by atoms with E-state index in [-0.39, 0.29) is 0 Å². The van der Waals surface area contributed by atoms with Crippen molar-refractivity contribution in [1.82, 2.24) is 4.90 Å². The first-order valence-electron chi connectivity index (χ1n) is 14.5. The van der Waals surface area contributed by atoms with Crippen LogP contribution in [0.2, 0.25) is 0 Å². The molecule has 3 aromatic rings. The summed E-state index contributed by atoms with van der Waals surface area (Å²) in [5.74, 6) is 0. The van der Waals surface area contributed by atoms with Gasteiger partial charge in [-0.05, 0) is 73.9 Å². The van der Waals surface area contributed by atoms with Crippen LogP contribution in [0.1, 0.15) is 76.5 Å². The van der Waals surface area contributed by atoms with E-state index in [9.17, 15) is 0 Å². The molecule has 0 amide bonds. The molecule has 2 aliphatic rings. The quantitative estimate of drug-likeness (QED) is 0.316. The van der Waals surface area contributed by atoms with Crippen molar-refractivity contribution in [3.63, 3.8) is 0 Å². The zero-order chi connectivity index (χ0) is 25.6. The first-order chi connectivity index (χ1) is 17.9. The first-order valence-corrected chi connectivity index (χ1v) is 14.5. The topological polar surface area (TPSA) is 6.48 Å². The average molecular weight is 485 g/mol. The molecule has 0 aromatic heterocycles. The normalized spacial score (nSPS) is 17.3. The average Bonchev–Trinajstić information content (AvgIpc) is 3.39. The molecule has 1 atom stereocenters. The molecule has 1 unspecified atom stereocenters. The van der Waals surface area contributed by atoms with Crippen LogP contribution in [0.5, 0.6) is 0 Å². The van der Waals surface area contributed by atoms with Crippen LogP contribution in [0.25, 0.3) is 0 Å². The lowest BCUT2D eigenvalue weighted by Crippen LogP contribution is -2.40. The highest BCUT2D eigenvalue weighted by atomic mass is 15.2. The van der Waals surface area contributed by atoms with Gasteiger partial charge in [-0.25, -0.2) is 0 Å². The summed E-state index contributed by atoms with van der Waals surface area (Å²) in [7, 11) is 0. The van der Waals surface area contributed by atoms with Crippen LogP contribution in [0, 0.1) is 0 Å². The maximum absolute atomic E-state index is 2.75. The number of anilines is 1. The molecule has 0 radical (unpaired) electrons. The van der Waals surface area contributed by atoms with Crippen molar-refractivity contribution in [1.29, 1.82) is 0 Å². The van der Waals surface area contributed by atoms with E-state index in [0.717, 1.165) is 19.1 Å². The molecule has 0 spiro atoms. The summed E-state index contributed by atoms with van der Waals surface area (Å²) in [6, 6.07) is 32.5. The summed E-state index contributed by atoms with van der Waals surface area (Å²) < 4.78 is 0. The number of nitrogens with zero attached hydrogens (tertiary/aromatic N) is 2. The third kappa shape index (κ3) is 7.71. The molecule has 1 saturated heterocycles. The number of likely N-dealkylation sites (tertiary alicyclic amines) is 1. The predicted molar refractivity (Wildman–Crippen MR) is 158 cm³/mol. The number of hydrogen-bond donors (Lipinski definition) is 0. The fraction of sp³-hybridized carbons (Fsp3) is 0.471. The van der Waals surface area contributed by atoms with Crippen LogP contribution in [0.15, 0.2) is 84.9 Å². The van der Waals surface area contributed by atoms with Crippen molar-refractivity contribution in [2.24, 2.45) is 0 Å². The van der Waals surface area contributed by atoms with Crippen LogP contribution in [0.4, 0.5) is 5.69 Å². The number of fused-ring (bicyclic) bond motifs is 1. The van der Waals surface area contributed by atoms with Crippen molar-refractivity contribution in [2.75, 3.05) is 18.0 Å². The molecule has 3 aromatic carbocycles. The van der Waals surface area contributed by atoms with E-state index < -0.39 is 0 Å². The van der Waals surface area contributed by atoms with E-state index in [1.807, 2.05) is 27.7 Å². The Labute approximate surface area is 221 Å². The lowest BCUT2D eigenvalue weighted by atomic mass is 9.96. The minimum atomic E-state index is 0.585. The van der Waals surface area contributed by atoms with Gasteiger partial charge < -0.3 is 4.90 Å². The summed E-state index contributed by atoms with van der Waals surface area (Å²) in [5.41, 5.74) is 5.92. The second kappa shape index (κ2) is 15.5. The van der Waals surface area contributed by atoms with Gasteiger partial charge in [0.1, 0.15) is 0 Å². The standard InChI is InChI=1S/C30H36N2.2C2H6/c1-3-12-25(13-4-1)24-31-20-10-9-16-28(31)19-11-21-32(29-17-5-2-6-18-29)30-22-26-14-7-8-15-27(26)23-30;2*1-2/h1-8,12-15,17-18,28,30H,9-11,16,19-24H2;2*1-2H3. The molecule has 1 heterocycles. The van der Waals surface area contributed by atoms with Gasteiger partial charge in [-0.15, -0.1) is 0 Å². The number of benzene rings is 3. The van der Waals surface area contributed by atoms with Crippen LogP contribution < -0.4 is 4.90 Å². The second-order valence-corrected chi connectivity index (χ2v) is 9.61. The molecular formula is C34H48N2. The van der Waals surface area contributed by atoms with Crippen molar-refractivity contribution in [2.45, 2.75) is 91.3 Å². The zero-order valence-corrected chi connectivity index (χ0v) is 23.2. The van der Waals surface area contributed by atoms with Gasteiger partial charge in [0.2, 0.25) is 0 Å². The fourth-order valence-electron chi connectivity index (χ4n) is 5.81. The zero-order valence-electron chi connectivity index (χ0n) is 23.2. The number of hydrogen-bond acceptors (Lipinski definition) is 2. The van der Waals surface area contributed by atoms with E-state index in [2.05, 4.69) is 94.7 Å². The van der Waals surface area contributed by atoms with Gasteiger partial charge in [0.05, 0.1) is 0 Å². The fourth-order valence-corrected chi connectivity index (χ4v) is 5.81. The van der Waals surface area contributed by atoms with Crippen LogP contribution in [-0.4, -0.2) is 30.1 Å². The summed E-state index contributed by atoms with van der Waals surface area (Å²) in [6.07, 6.45) is 9.00. The highest BCUT2D eigenvalue weighted by molar-refractivity contribution is 5.49. The Morgan fingerprint density at radius 1 is 0.722 bits per heavy atom. The predicted octanol–water partition coefficient (Wildman–Crippen LogP) is 8.55. The highest BCUT2D eigenvalue weighted by Gasteiger charge is 2.28. The highest BCUT2D eigenvalue weighted by Crippen LogP contribution is 2.30. The molecule has 0 saturated carbocycles. The molecule has 1 aliphatic carbocycles. The maximum Gasteiger partial charge on any atom is 0.0370 e. The molecule has 2 heteroatoms. The SMILES string of the molecule is CC.CC.c1ccc(CN2CCCCC2CCCN(c2ccccc2)C2Cc3ccccc3C2)cc1. The Kier molecular flexibility index (Phi) is 12.1. The minimum absolute atomic E-state index is 0.585. The van der Waals surface area contributed by atoms with E-state index in [4.69, 9.17) is 0 Å². The molecule has 0 N–H and O–H groups in total. The molecule has 0 bridgehead atoms. The van der Waals surface area contributed by atoms with Gasteiger partial charge in [-0.2, -0.15) is 0 Å².